The minimum atomic E-state index is 0. The molecule has 1 aliphatic heterocycles. The first kappa shape index (κ1) is 17.9. The van der Waals surface area contributed by atoms with Gasteiger partial charge in [0.1, 0.15) is 12.4 Å². The molecule has 3 nitrogen and oxygen atoms in total. The van der Waals surface area contributed by atoms with Crippen LogP contribution in [0.4, 0.5) is 0 Å². The van der Waals surface area contributed by atoms with Crippen molar-refractivity contribution >= 4 is 17.5 Å². The molecule has 3 rings (SSSR count). The molecule has 0 saturated carbocycles. The SMILES string of the molecule is CN(C)CCOc1ccc2c(c1)Sc1ccccc1CC2=O.[Cl-]. The minimum absolute atomic E-state index is 0. The summed E-state index contributed by atoms with van der Waals surface area (Å²) in [6.45, 7) is 1.51. The molecule has 0 fully saturated rings. The maximum atomic E-state index is 12.4. The normalized spacial score (nSPS) is 12.9. The van der Waals surface area contributed by atoms with Crippen LogP contribution in [0, 0.1) is 0 Å². The number of fused-ring (bicyclic) bond motifs is 2. The molecule has 2 aromatic rings. The molecule has 2 aromatic carbocycles. The predicted octanol–water partition coefficient (Wildman–Crippen LogP) is 0.521. The molecule has 0 amide bonds. The highest BCUT2D eigenvalue weighted by atomic mass is 35.5. The van der Waals surface area contributed by atoms with Crippen LogP contribution in [0.2, 0.25) is 0 Å². The summed E-state index contributed by atoms with van der Waals surface area (Å²) in [5.41, 5.74) is 1.89. The predicted molar refractivity (Wildman–Crippen MR) is 89.1 cm³/mol. The summed E-state index contributed by atoms with van der Waals surface area (Å²) in [5.74, 6) is 0.993. The topological polar surface area (TPSA) is 29.5 Å². The number of Topliss-reactive ketones (excluding diaryl/α,β-unsaturated/α-hetero) is 1. The number of hydrogen-bond acceptors (Lipinski definition) is 4. The Hall–Kier alpha value is -1.49. The van der Waals surface area contributed by atoms with Crippen LogP contribution in [-0.2, 0) is 6.42 Å². The van der Waals surface area contributed by atoms with Crippen LogP contribution in [-0.4, -0.2) is 37.9 Å². The van der Waals surface area contributed by atoms with Crippen LogP contribution in [0.1, 0.15) is 15.9 Å². The summed E-state index contributed by atoms with van der Waals surface area (Å²) in [5, 5.41) is 0. The summed E-state index contributed by atoms with van der Waals surface area (Å²) in [6, 6.07) is 13.9. The Morgan fingerprint density at radius 2 is 1.91 bits per heavy atom. The Morgan fingerprint density at radius 3 is 2.70 bits per heavy atom. The third-order valence-corrected chi connectivity index (χ3v) is 4.78. The van der Waals surface area contributed by atoms with Crippen LogP contribution in [0.3, 0.4) is 0 Å². The third-order valence-electron chi connectivity index (χ3n) is 3.60. The highest BCUT2D eigenvalue weighted by Crippen LogP contribution is 2.38. The van der Waals surface area contributed by atoms with Gasteiger partial charge in [0.25, 0.3) is 0 Å². The van der Waals surface area contributed by atoms with E-state index in [-0.39, 0.29) is 18.2 Å². The molecule has 0 bridgehead atoms. The molecule has 122 valence electrons. The van der Waals surface area contributed by atoms with Crippen LogP contribution in [0.5, 0.6) is 5.75 Å². The van der Waals surface area contributed by atoms with Gasteiger partial charge in [0, 0.05) is 28.3 Å². The van der Waals surface area contributed by atoms with Crippen molar-refractivity contribution < 1.29 is 21.9 Å². The maximum absolute atomic E-state index is 12.4. The average molecular weight is 349 g/mol. The van der Waals surface area contributed by atoms with E-state index in [2.05, 4.69) is 11.0 Å². The third kappa shape index (κ3) is 4.28. The number of hydrogen-bond donors (Lipinski definition) is 0. The fraction of sp³-hybridized carbons (Fsp3) is 0.278. The molecule has 1 aliphatic rings. The zero-order valence-electron chi connectivity index (χ0n) is 13.2. The second kappa shape index (κ2) is 7.86. The summed E-state index contributed by atoms with van der Waals surface area (Å²) < 4.78 is 5.78. The monoisotopic (exact) mass is 348 g/mol. The van der Waals surface area contributed by atoms with Crippen molar-refractivity contribution in [2.75, 3.05) is 27.2 Å². The summed E-state index contributed by atoms with van der Waals surface area (Å²) in [6.07, 6.45) is 0.469. The number of ketones is 1. The first-order valence-electron chi connectivity index (χ1n) is 7.34. The van der Waals surface area contributed by atoms with Gasteiger partial charge in [0.05, 0.1) is 0 Å². The summed E-state index contributed by atoms with van der Waals surface area (Å²) >= 11 is 1.65. The molecule has 0 unspecified atom stereocenters. The van der Waals surface area contributed by atoms with Gasteiger partial charge in [-0.1, -0.05) is 30.0 Å². The Labute approximate surface area is 147 Å². The molecule has 0 spiro atoms. The van der Waals surface area contributed by atoms with E-state index < -0.39 is 0 Å². The number of carbonyl (C=O) groups is 1. The molecule has 5 heteroatoms. The van der Waals surface area contributed by atoms with Crippen molar-refractivity contribution in [2.24, 2.45) is 0 Å². The van der Waals surface area contributed by atoms with Crippen molar-refractivity contribution in [3.8, 4) is 5.75 Å². The van der Waals surface area contributed by atoms with Gasteiger partial charge in [-0.05, 0) is 43.9 Å². The van der Waals surface area contributed by atoms with Crippen molar-refractivity contribution in [1.82, 2.24) is 4.90 Å². The lowest BCUT2D eigenvalue weighted by atomic mass is 10.0. The van der Waals surface area contributed by atoms with Crippen LogP contribution >= 0.6 is 11.8 Å². The molecular weight excluding hydrogens is 330 g/mol. The lowest BCUT2D eigenvalue weighted by Gasteiger charge is -2.12. The smallest absolute Gasteiger partial charge is 0.168 e. The van der Waals surface area contributed by atoms with Gasteiger partial charge in [-0.25, -0.2) is 0 Å². The fourth-order valence-electron chi connectivity index (χ4n) is 2.39. The van der Waals surface area contributed by atoms with Gasteiger partial charge in [-0.3, -0.25) is 4.79 Å². The molecule has 1 heterocycles. The molecule has 0 atom stereocenters. The first-order chi connectivity index (χ1) is 10.6. The molecule has 0 saturated heterocycles. The van der Waals surface area contributed by atoms with Gasteiger partial charge in [-0.2, -0.15) is 0 Å². The number of likely N-dealkylation sites (N-methyl/N-ethyl adjacent to an activating group) is 1. The lowest BCUT2D eigenvalue weighted by Crippen LogP contribution is -3.00. The molecular formula is C18H19ClNO2S-. The first-order valence-corrected chi connectivity index (χ1v) is 8.15. The van der Waals surface area contributed by atoms with Crippen molar-refractivity contribution in [3.05, 3.63) is 53.6 Å². The van der Waals surface area contributed by atoms with E-state index in [9.17, 15) is 4.79 Å². The van der Waals surface area contributed by atoms with Gasteiger partial charge >= 0.3 is 0 Å². The van der Waals surface area contributed by atoms with Crippen LogP contribution in [0.15, 0.2) is 52.3 Å². The van der Waals surface area contributed by atoms with E-state index in [4.69, 9.17) is 4.74 Å². The van der Waals surface area contributed by atoms with Gasteiger partial charge in [0.15, 0.2) is 5.78 Å². The van der Waals surface area contributed by atoms with E-state index in [1.807, 2.05) is 50.5 Å². The van der Waals surface area contributed by atoms with Crippen molar-refractivity contribution in [1.29, 1.82) is 0 Å². The standard InChI is InChI=1S/C18H19NO2S.ClH/c1-19(2)9-10-21-14-7-8-15-16(20)11-13-5-3-4-6-17(13)22-18(15)12-14;/h3-8,12H,9-11H2,1-2H3;1H/p-1. The van der Waals surface area contributed by atoms with Gasteiger partial charge in [-0.15, -0.1) is 0 Å². The van der Waals surface area contributed by atoms with Gasteiger partial charge in [0.2, 0.25) is 0 Å². The highest BCUT2D eigenvalue weighted by molar-refractivity contribution is 7.99. The number of carbonyl (C=O) groups excluding carboxylic acids is 1. The van der Waals surface area contributed by atoms with E-state index >= 15 is 0 Å². The molecule has 0 aromatic heterocycles. The van der Waals surface area contributed by atoms with E-state index in [1.54, 1.807) is 11.8 Å². The quantitative estimate of drug-likeness (QED) is 0.806. The molecule has 0 radical (unpaired) electrons. The van der Waals surface area contributed by atoms with E-state index in [0.29, 0.717) is 13.0 Å². The van der Waals surface area contributed by atoms with E-state index in [0.717, 1.165) is 33.2 Å². The number of halogens is 1. The van der Waals surface area contributed by atoms with E-state index in [1.165, 1.54) is 0 Å². The second-order valence-corrected chi connectivity index (χ2v) is 6.70. The van der Waals surface area contributed by atoms with Crippen molar-refractivity contribution in [3.63, 3.8) is 0 Å². The number of benzene rings is 2. The Bertz CT molecular complexity index is 703. The van der Waals surface area contributed by atoms with Crippen molar-refractivity contribution in [2.45, 2.75) is 16.2 Å². The van der Waals surface area contributed by atoms with Crippen LogP contribution < -0.4 is 17.1 Å². The second-order valence-electron chi connectivity index (χ2n) is 5.62. The zero-order valence-corrected chi connectivity index (χ0v) is 14.8. The Balaban J connectivity index is 0.00000192. The fourth-order valence-corrected chi connectivity index (χ4v) is 3.51. The highest BCUT2D eigenvalue weighted by Gasteiger charge is 2.20. The largest absolute Gasteiger partial charge is 1.00 e. The zero-order chi connectivity index (χ0) is 15.5. The van der Waals surface area contributed by atoms with Gasteiger partial charge < -0.3 is 22.0 Å². The number of rotatable bonds is 4. The minimum Gasteiger partial charge on any atom is -1.00 e. The van der Waals surface area contributed by atoms with Crippen LogP contribution in [0.25, 0.3) is 0 Å². The summed E-state index contributed by atoms with van der Waals surface area (Å²) in [7, 11) is 4.04. The lowest BCUT2D eigenvalue weighted by molar-refractivity contribution is -0.0000131. The molecule has 23 heavy (non-hydrogen) atoms. The average Bonchev–Trinajstić information content (AvgIpc) is 2.62. The maximum Gasteiger partial charge on any atom is 0.168 e. The number of nitrogens with zero attached hydrogens (tertiary/aromatic N) is 1. The number of ether oxygens (including phenoxy) is 1. The Kier molecular flexibility index (Phi) is 6.10. The molecule has 0 N–H and O–H groups in total. The Morgan fingerprint density at radius 1 is 1.13 bits per heavy atom. The summed E-state index contributed by atoms with van der Waals surface area (Å²) in [4.78, 5) is 16.6. The molecule has 0 aliphatic carbocycles.